The molecule has 0 aliphatic heterocycles. The Morgan fingerprint density at radius 1 is 1.32 bits per heavy atom. The molecule has 3 rings (SSSR count). The van der Waals surface area contributed by atoms with Crippen molar-refractivity contribution in [2.45, 2.75) is 13.8 Å². The van der Waals surface area contributed by atoms with E-state index in [1.807, 2.05) is 31.4 Å². The largest absolute Gasteiger partial charge is 0.399 e. The minimum absolute atomic E-state index is 0.0303. The van der Waals surface area contributed by atoms with Gasteiger partial charge in [-0.25, -0.2) is 4.98 Å². The maximum absolute atomic E-state index is 12.6. The third-order valence-corrected chi connectivity index (χ3v) is 4.11. The first-order valence-electron chi connectivity index (χ1n) is 5.91. The predicted molar refractivity (Wildman–Crippen MR) is 77.7 cm³/mol. The quantitative estimate of drug-likeness (QED) is 0.692. The van der Waals surface area contributed by atoms with Gasteiger partial charge in [0.15, 0.2) is 0 Å². The molecule has 0 fully saturated rings. The Morgan fingerprint density at radius 3 is 2.79 bits per heavy atom. The third kappa shape index (κ3) is 1.82. The van der Waals surface area contributed by atoms with Gasteiger partial charge in [0, 0.05) is 5.69 Å². The van der Waals surface area contributed by atoms with Crippen LogP contribution in [0.5, 0.6) is 0 Å². The number of hydrogen-bond donors (Lipinski definition) is 1. The second kappa shape index (κ2) is 4.20. The maximum atomic E-state index is 12.6. The average molecular weight is 271 g/mol. The van der Waals surface area contributed by atoms with Crippen molar-refractivity contribution >= 4 is 34.0 Å². The topological polar surface area (TPSA) is 60.9 Å². The van der Waals surface area contributed by atoms with E-state index in [0.717, 1.165) is 21.5 Å². The normalized spacial score (nSPS) is 11.1. The highest BCUT2D eigenvalue weighted by molar-refractivity contribution is 7.12. The molecule has 4 nitrogen and oxygen atoms in total. The number of anilines is 1. The van der Waals surface area contributed by atoms with Gasteiger partial charge in [-0.2, -0.15) is 0 Å². The van der Waals surface area contributed by atoms with Crippen molar-refractivity contribution in [3.8, 4) is 0 Å². The van der Waals surface area contributed by atoms with Crippen LogP contribution in [0, 0.1) is 13.8 Å². The summed E-state index contributed by atoms with van der Waals surface area (Å²) in [7, 11) is 0. The van der Waals surface area contributed by atoms with Crippen LogP contribution in [-0.2, 0) is 0 Å². The van der Waals surface area contributed by atoms with Gasteiger partial charge in [-0.15, -0.1) is 11.3 Å². The number of nitrogen functional groups attached to an aromatic ring is 1. The molecule has 0 amide bonds. The van der Waals surface area contributed by atoms with Gasteiger partial charge >= 0.3 is 0 Å². The van der Waals surface area contributed by atoms with Gasteiger partial charge in [-0.05, 0) is 49.1 Å². The standard InChI is InChI=1S/C14H13N3OS/c1-8-5-6-19-13(8)14(18)17-9(2)16-11-7-10(15)3-4-12(11)17/h3-7H,15H2,1-2H3. The maximum Gasteiger partial charge on any atom is 0.274 e. The van der Waals surface area contributed by atoms with Gasteiger partial charge in [0.1, 0.15) is 5.82 Å². The Labute approximate surface area is 114 Å². The summed E-state index contributed by atoms with van der Waals surface area (Å²) in [6.45, 7) is 3.77. The number of nitrogens with two attached hydrogens (primary N) is 1. The number of hydrogen-bond acceptors (Lipinski definition) is 4. The first kappa shape index (κ1) is 11.9. The van der Waals surface area contributed by atoms with Gasteiger partial charge in [0.25, 0.3) is 5.91 Å². The van der Waals surface area contributed by atoms with Crippen LogP contribution in [0.3, 0.4) is 0 Å². The number of imidazole rings is 1. The van der Waals surface area contributed by atoms with Crippen LogP contribution < -0.4 is 5.73 Å². The van der Waals surface area contributed by atoms with Crippen molar-refractivity contribution in [1.82, 2.24) is 9.55 Å². The molecule has 3 aromatic rings. The minimum atomic E-state index is -0.0303. The predicted octanol–water partition coefficient (Wildman–Crippen LogP) is 2.99. The number of aromatic nitrogens is 2. The number of thiophene rings is 1. The van der Waals surface area contributed by atoms with E-state index in [-0.39, 0.29) is 5.91 Å². The molecule has 0 aliphatic carbocycles. The summed E-state index contributed by atoms with van der Waals surface area (Å²) in [5.74, 6) is 0.649. The zero-order chi connectivity index (χ0) is 13.6. The minimum Gasteiger partial charge on any atom is -0.399 e. The van der Waals surface area contributed by atoms with Gasteiger partial charge in [0.05, 0.1) is 15.9 Å². The summed E-state index contributed by atoms with van der Waals surface area (Å²) < 4.78 is 1.65. The number of fused-ring (bicyclic) bond motifs is 1. The summed E-state index contributed by atoms with van der Waals surface area (Å²) in [4.78, 5) is 17.8. The molecule has 0 saturated heterocycles. The number of aryl methyl sites for hydroxylation is 2. The monoisotopic (exact) mass is 271 g/mol. The van der Waals surface area contributed by atoms with Gasteiger partial charge in [-0.3, -0.25) is 9.36 Å². The fourth-order valence-electron chi connectivity index (χ4n) is 2.17. The van der Waals surface area contributed by atoms with E-state index in [1.165, 1.54) is 11.3 Å². The van der Waals surface area contributed by atoms with Crippen molar-refractivity contribution in [2.24, 2.45) is 0 Å². The van der Waals surface area contributed by atoms with Crippen molar-refractivity contribution in [3.05, 3.63) is 45.9 Å². The first-order valence-corrected chi connectivity index (χ1v) is 6.79. The lowest BCUT2D eigenvalue weighted by molar-refractivity contribution is 0.0966. The van der Waals surface area contributed by atoms with E-state index in [2.05, 4.69) is 4.98 Å². The van der Waals surface area contributed by atoms with Crippen molar-refractivity contribution in [3.63, 3.8) is 0 Å². The number of rotatable bonds is 1. The average Bonchev–Trinajstić information content (AvgIpc) is 2.90. The van der Waals surface area contributed by atoms with Crippen LogP contribution in [0.2, 0.25) is 0 Å². The molecule has 96 valence electrons. The summed E-state index contributed by atoms with van der Waals surface area (Å²) in [6.07, 6.45) is 0. The Hall–Kier alpha value is -2.14. The molecule has 1 aromatic carbocycles. The summed E-state index contributed by atoms with van der Waals surface area (Å²) in [5, 5.41) is 1.93. The van der Waals surface area contributed by atoms with E-state index < -0.39 is 0 Å². The Kier molecular flexibility index (Phi) is 2.64. The molecule has 0 bridgehead atoms. The van der Waals surface area contributed by atoms with Crippen molar-refractivity contribution in [2.75, 3.05) is 5.73 Å². The fourth-order valence-corrected chi connectivity index (χ4v) is 3.02. The van der Waals surface area contributed by atoms with E-state index >= 15 is 0 Å². The van der Waals surface area contributed by atoms with Crippen LogP contribution >= 0.6 is 11.3 Å². The number of nitrogens with zero attached hydrogens (tertiary/aromatic N) is 2. The van der Waals surface area contributed by atoms with E-state index in [1.54, 1.807) is 16.7 Å². The lowest BCUT2D eigenvalue weighted by Crippen LogP contribution is -2.13. The van der Waals surface area contributed by atoms with E-state index in [0.29, 0.717) is 11.5 Å². The molecule has 0 saturated carbocycles. The van der Waals surface area contributed by atoms with Gasteiger partial charge in [0.2, 0.25) is 0 Å². The van der Waals surface area contributed by atoms with Crippen molar-refractivity contribution < 1.29 is 4.79 Å². The van der Waals surface area contributed by atoms with Crippen LogP contribution in [0.1, 0.15) is 21.1 Å². The zero-order valence-electron chi connectivity index (χ0n) is 10.7. The van der Waals surface area contributed by atoms with Crippen LogP contribution in [0.15, 0.2) is 29.6 Å². The molecule has 2 N–H and O–H groups in total. The SMILES string of the molecule is Cc1ccsc1C(=O)n1c(C)nc2cc(N)ccc21. The van der Waals surface area contributed by atoms with E-state index in [9.17, 15) is 4.79 Å². The number of carbonyl (C=O) groups is 1. The summed E-state index contributed by atoms with van der Waals surface area (Å²) in [6, 6.07) is 7.36. The molecule has 2 aromatic heterocycles. The summed E-state index contributed by atoms with van der Waals surface area (Å²) in [5.41, 5.74) is 8.93. The summed E-state index contributed by atoms with van der Waals surface area (Å²) >= 11 is 1.45. The third-order valence-electron chi connectivity index (χ3n) is 3.11. The Balaban J connectivity index is 2.23. The molecule has 19 heavy (non-hydrogen) atoms. The molecule has 0 unspecified atom stereocenters. The highest BCUT2D eigenvalue weighted by Gasteiger charge is 2.18. The molecule has 0 atom stereocenters. The molecular weight excluding hydrogens is 258 g/mol. The molecule has 0 spiro atoms. The number of carbonyl (C=O) groups excluding carboxylic acids is 1. The fraction of sp³-hybridized carbons (Fsp3) is 0.143. The first-order chi connectivity index (χ1) is 9.08. The smallest absolute Gasteiger partial charge is 0.274 e. The second-order valence-electron chi connectivity index (χ2n) is 4.48. The molecule has 0 aliphatic rings. The van der Waals surface area contributed by atoms with Crippen molar-refractivity contribution in [1.29, 1.82) is 0 Å². The van der Waals surface area contributed by atoms with Crippen LogP contribution in [0.25, 0.3) is 11.0 Å². The Morgan fingerprint density at radius 2 is 2.11 bits per heavy atom. The van der Waals surface area contributed by atoms with Crippen LogP contribution in [0.4, 0.5) is 5.69 Å². The van der Waals surface area contributed by atoms with Gasteiger partial charge < -0.3 is 5.73 Å². The Bertz CT molecular complexity index is 785. The zero-order valence-corrected chi connectivity index (χ0v) is 11.5. The lowest BCUT2D eigenvalue weighted by Gasteiger charge is -2.04. The molecule has 0 radical (unpaired) electrons. The second-order valence-corrected chi connectivity index (χ2v) is 5.40. The molecule has 2 heterocycles. The highest BCUT2D eigenvalue weighted by atomic mass is 32.1. The lowest BCUT2D eigenvalue weighted by atomic mass is 10.2. The van der Waals surface area contributed by atoms with E-state index in [4.69, 9.17) is 5.73 Å². The molecule has 5 heteroatoms. The van der Waals surface area contributed by atoms with Crippen LogP contribution in [-0.4, -0.2) is 15.5 Å². The molecular formula is C14H13N3OS. The number of benzene rings is 1. The highest BCUT2D eigenvalue weighted by Crippen LogP contribution is 2.23. The van der Waals surface area contributed by atoms with Gasteiger partial charge in [-0.1, -0.05) is 0 Å².